The maximum atomic E-state index is 4.42. The summed E-state index contributed by atoms with van der Waals surface area (Å²) < 4.78 is 1.85. The largest absolute Gasteiger partial charge is 0.354 e. The van der Waals surface area contributed by atoms with Crippen LogP contribution in [0.3, 0.4) is 0 Å². The van der Waals surface area contributed by atoms with Crippen molar-refractivity contribution in [3.63, 3.8) is 0 Å². The van der Waals surface area contributed by atoms with Crippen molar-refractivity contribution in [1.29, 1.82) is 0 Å². The van der Waals surface area contributed by atoms with Crippen LogP contribution in [0, 0.1) is 5.92 Å². The van der Waals surface area contributed by atoms with Crippen LogP contribution in [0.5, 0.6) is 0 Å². The molecule has 24 heavy (non-hydrogen) atoms. The number of hydrogen-bond donors (Lipinski definition) is 2. The Morgan fingerprint density at radius 1 is 1.46 bits per heavy atom. The summed E-state index contributed by atoms with van der Waals surface area (Å²) in [5.74, 6) is 1.77. The van der Waals surface area contributed by atoms with E-state index in [1.54, 1.807) is 0 Å². The minimum absolute atomic E-state index is 0.270. The molecule has 1 aliphatic rings. The summed E-state index contributed by atoms with van der Waals surface area (Å²) in [6, 6.07) is 0.818. The first kappa shape index (κ1) is 18.8. The number of likely N-dealkylation sites (N-methyl/N-ethyl adjacent to an activating group) is 1. The van der Waals surface area contributed by atoms with Gasteiger partial charge in [-0.25, -0.2) is 0 Å². The van der Waals surface area contributed by atoms with Gasteiger partial charge >= 0.3 is 0 Å². The Morgan fingerprint density at radius 3 is 2.83 bits per heavy atom. The van der Waals surface area contributed by atoms with Crippen LogP contribution in [0.25, 0.3) is 0 Å². The standard InChI is InChI=1S/C18H34N6/c1-6-14-8-7-9-16(10-14)22-18(19-2)20-12-17(23(3)4)15-11-21-24(5)13-15/h11,13-14,16-17H,6-10,12H2,1-5H3,(H2,19,20,22). The van der Waals surface area contributed by atoms with E-state index < -0.39 is 0 Å². The molecule has 6 nitrogen and oxygen atoms in total. The zero-order chi connectivity index (χ0) is 17.5. The van der Waals surface area contributed by atoms with Crippen LogP contribution in [0.1, 0.15) is 50.6 Å². The van der Waals surface area contributed by atoms with Gasteiger partial charge in [-0.05, 0) is 32.9 Å². The molecule has 136 valence electrons. The molecule has 6 heteroatoms. The molecule has 0 aromatic carbocycles. The third kappa shape index (κ3) is 5.23. The molecule has 0 amide bonds. The monoisotopic (exact) mass is 334 g/mol. The maximum Gasteiger partial charge on any atom is 0.191 e. The number of aliphatic imine (C=N–C) groups is 1. The SMILES string of the molecule is CCC1CCCC(NC(=NC)NCC(c2cnn(C)c2)N(C)C)C1. The van der Waals surface area contributed by atoms with Gasteiger partial charge < -0.3 is 15.5 Å². The first-order valence-electron chi connectivity index (χ1n) is 9.15. The number of aryl methyl sites for hydroxylation is 1. The van der Waals surface area contributed by atoms with Crippen molar-refractivity contribution in [3.05, 3.63) is 18.0 Å². The highest BCUT2D eigenvalue weighted by molar-refractivity contribution is 5.80. The van der Waals surface area contributed by atoms with Crippen molar-refractivity contribution >= 4 is 5.96 Å². The zero-order valence-electron chi connectivity index (χ0n) is 15.9. The molecular formula is C18H34N6. The van der Waals surface area contributed by atoms with Gasteiger partial charge in [0.05, 0.1) is 12.2 Å². The zero-order valence-corrected chi connectivity index (χ0v) is 15.9. The van der Waals surface area contributed by atoms with E-state index in [2.05, 4.69) is 52.8 Å². The molecule has 1 aliphatic carbocycles. The van der Waals surface area contributed by atoms with Crippen molar-refractivity contribution in [2.24, 2.45) is 18.0 Å². The minimum Gasteiger partial charge on any atom is -0.354 e. The Balaban J connectivity index is 1.89. The molecule has 0 aliphatic heterocycles. The quantitative estimate of drug-likeness (QED) is 0.618. The molecule has 0 spiro atoms. The smallest absolute Gasteiger partial charge is 0.191 e. The first-order valence-corrected chi connectivity index (χ1v) is 9.15. The van der Waals surface area contributed by atoms with E-state index in [-0.39, 0.29) is 6.04 Å². The fourth-order valence-electron chi connectivity index (χ4n) is 3.59. The molecule has 3 atom stereocenters. The van der Waals surface area contributed by atoms with Gasteiger partial charge in [-0.1, -0.05) is 26.2 Å². The normalized spacial score (nSPS) is 23.3. The third-order valence-corrected chi connectivity index (χ3v) is 5.12. The Bertz CT molecular complexity index is 521. The van der Waals surface area contributed by atoms with E-state index in [4.69, 9.17) is 0 Å². The molecular weight excluding hydrogens is 300 g/mol. The van der Waals surface area contributed by atoms with Crippen molar-refractivity contribution in [2.75, 3.05) is 27.7 Å². The maximum absolute atomic E-state index is 4.42. The van der Waals surface area contributed by atoms with Crippen LogP contribution in [-0.4, -0.2) is 54.4 Å². The highest BCUT2D eigenvalue weighted by Gasteiger charge is 2.22. The molecule has 0 bridgehead atoms. The summed E-state index contributed by atoms with van der Waals surface area (Å²) in [6.45, 7) is 3.11. The van der Waals surface area contributed by atoms with E-state index in [9.17, 15) is 0 Å². The number of nitrogens with zero attached hydrogens (tertiary/aromatic N) is 4. The van der Waals surface area contributed by atoms with Gasteiger partial charge in [0.2, 0.25) is 0 Å². The second-order valence-electron chi connectivity index (χ2n) is 7.16. The highest BCUT2D eigenvalue weighted by atomic mass is 15.3. The van der Waals surface area contributed by atoms with Crippen LogP contribution < -0.4 is 10.6 Å². The number of hydrogen-bond acceptors (Lipinski definition) is 3. The number of rotatable bonds is 6. The summed E-state index contributed by atoms with van der Waals surface area (Å²) in [7, 11) is 8.01. The van der Waals surface area contributed by atoms with Gasteiger partial charge in [0, 0.05) is 38.4 Å². The lowest BCUT2D eigenvalue weighted by molar-refractivity contribution is 0.289. The lowest BCUT2D eigenvalue weighted by Crippen LogP contribution is -2.47. The third-order valence-electron chi connectivity index (χ3n) is 5.12. The van der Waals surface area contributed by atoms with E-state index >= 15 is 0 Å². The molecule has 1 fully saturated rings. The molecule has 2 rings (SSSR count). The van der Waals surface area contributed by atoms with Gasteiger partial charge in [0.15, 0.2) is 5.96 Å². The average molecular weight is 335 g/mol. The molecule has 3 unspecified atom stereocenters. The molecule has 1 aromatic rings. The van der Waals surface area contributed by atoms with E-state index in [0.717, 1.165) is 18.4 Å². The summed E-state index contributed by atoms with van der Waals surface area (Å²) in [5, 5.41) is 11.4. The summed E-state index contributed by atoms with van der Waals surface area (Å²) in [6.07, 6.45) is 10.5. The summed E-state index contributed by atoms with van der Waals surface area (Å²) >= 11 is 0. The minimum atomic E-state index is 0.270. The van der Waals surface area contributed by atoms with Crippen LogP contribution in [0.2, 0.25) is 0 Å². The molecule has 1 aromatic heterocycles. The molecule has 1 heterocycles. The molecule has 2 N–H and O–H groups in total. The van der Waals surface area contributed by atoms with Gasteiger partial charge in [0.1, 0.15) is 0 Å². The van der Waals surface area contributed by atoms with E-state index in [0.29, 0.717) is 6.04 Å². The van der Waals surface area contributed by atoms with Crippen molar-refractivity contribution in [2.45, 2.75) is 51.1 Å². The fourth-order valence-corrected chi connectivity index (χ4v) is 3.59. The number of nitrogens with one attached hydrogen (secondary N) is 2. The van der Waals surface area contributed by atoms with E-state index in [1.165, 1.54) is 37.7 Å². The Hall–Kier alpha value is -1.56. The Kier molecular flexibility index (Phi) is 7.09. The average Bonchev–Trinajstić information content (AvgIpc) is 3.00. The summed E-state index contributed by atoms with van der Waals surface area (Å²) in [5.41, 5.74) is 1.22. The second kappa shape index (κ2) is 9.06. The molecule has 0 radical (unpaired) electrons. The predicted octanol–water partition coefficient (Wildman–Crippen LogP) is 2.16. The van der Waals surface area contributed by atoms with Gasteiger partial charge in [-0.15, -0.1) is 0 Å². The van der Waals surface area contributed by atoms with Crippen molar-refractivity contribution in [1.82, 2.24) is 25.3 Å². The second-order valence-corrected chi connectivity index (χ2v) is 7.16. The van der Waals surface area contributed by atoms with Crippen LogP contribution in [0.4, 0.5) is 0 Å². The van der Waals surface area contributed by atoms with Crippen LogP contribution >= 0.6 is 0 Å². The first-order chi connectivity index (χ1) is 11.5. The fraction of sp³-hybridized carbons (Fsp3) is 0.778. The lowest BCUT2D eigenvalue weighted by Gasteiger charge is -2.31. The van der Waals surface area contributed by atoms with Gasteiger partial charge in [-0.2, -0.15) is 5.10 Å². The molecule has 0 saturated heterocycles. The van der Waals surface area contributed by atoms with Crippen molar-refractivity contribution < 1.29 is 0 Å². The lowest BCUT2D eigenvalue weighted by atomic mass is 9.84. The van der Waals surface area contributed by atoms with E-state index in [1.807, 2.05) is 25.0 Å². The number of aromatic nitrogens is 2. The molecule has 1 saturated carbocycles. The summed E-state index contributed by atoms with van der Waals surface area (Å²) in [4.78, 5) is 6.63. The highest BCUT2D eigenvalue weighted by Crippen LogP contribution is 2.26. The van der Waals surface area contributed by atoms with Gasteiger partial charge in [-0.3, -0.25) is 9.67 Å². The Morgan fingerprint density at radius 2 is 2.25 bits per heavy atom. The predicted molar refractivity (Wildman–Crippen MR) is 100 cm³/mol. The van der Waals surface area contributed by atoms with Gasteiger partial charge in [0.25, 0.3) is 0 Å². The van der Waals surface area contributed by atoms with Crippen LogP contribution in [-0.2, 0) is 7.05 Å². The van der Waals surface area contributed by atoms with Crippen molar-refractivity contribution in [3.8, 4) is 0 Å². The Labute approximate surface area is 146 Å². The number of guanidine groups is 1. The van der Waals surface area contributed by atoms with Crippen LogP contribution in [0.15, 0.2) is 17.4 Å². The topological polar surface area (TPSA) is 57.5 Å².